The Labute approximate surface area is 194 Å². The molecule has 0 atom stereocenters. The average molecular weight is 449 g/mol. The van der Waals surface area contributed by atoms with Crippen LogP contribution in [0.3, 0.4) is 0 Å². The molecule has 0 fully saturated rings. The lowest BCUT2D eigenvalue weighted by molar-refractivity contribution is 1.70. The molecule has 0 aliphatic heterocycles. The number of fused-ring (bicyclic) bond motifs is 11. The number of nitrogens with two attached hydrogens (primary N) is 8. The molecule has 8 nitrogen and oxygen atoms in total. The minimum Gasteiger partial charge on any atom is -0.397 e. The van der Waals surface area contributed by atoms with Crippen molar-refractivity contribution in [2.45, 2.75) is 0 Å². The zero-order chi connectivity index (χ0) is 24.0. The van der Waals surface area contributed by atoms with Crippen molar-refractivity contribution in [1.29, 1.82) is 0 Å². The maximum Gasteiger partial charge on any atom is 0.0554 e. The molecule has 0 aromatic heterocycles. The lowest BCUT2D eigenvalue weighted by atomic mass is 9.86. The molecule has 0 saturated heterocycles. The predicted octanol–water partition coefficient (Wildman–Crippen LogP) is 4.11. The summed E-state index contributed by atoms with van der Waals surface area (Å²) >= 11 is 0. The van der Waals surface area contributed by atoms with Crippen LogP contribution in [0.4, 0.5) is 45.5 Å². The first-order valence-electron chi connectivity index (χ1n) is 10.7. The first-order chi connectivity index (χ1) is 16.2. The fourth-order valence-corrected chi connectivity index (χ4v) is 5.08. The van der Waals surface area contributed by atoms with E-state index in [1.807, 2.05) is 48.5 Å². The molecular formula is C26H24N8. The average Bonchev–Trinajstić information content (AvgIpc) is 2.78. The molecule has 0 saturated carbocycles. The normalized spacial score (nSPS) is 11.9. The Hall–Kier alpha value is -4.98. The van der Waals surface area contributed by atoms with Crippen molar-refractivity contribution >= 4 is 99.4 Å². The van der Waals surface area contributed by atoms with Gasteiger partial charge in [-0.05, 0) is 102 Å². The van der Waals surface area contributed by atoms with Crippen molar-refractivity contribution in [2.24, 2.45) is 0 Å². The van der Waals surface area contributed by atoms with Crippen molar-refractivity contribution in [3.8, 4) is 0 Å². The monoisotopic (exact) mass is 448 g/mol. The topological polar surface area (TPSA) is 208 Å². The second-order valence-corrected chi connectivity index (χ2v) is 8.86. The maximum atomic E-state index is 6.28. The van der Waals surface area contributed by atoms with Crippen LogP contribution in [0, 0.1) is 0 Å². The molecule has 0 aliphatic carbocycles. The smallest absolute Gasteiger partial charge is 0.0554 e. The highest BCUT2D eigenvalue weighted by atomic mass is 14.7. The molecule has 34 heavy (non-hydrogen) atoms. The van der Waals surface area contributed by atoms with Gasteiger partial charge in [0.05, 0.1) is 45.5 Å². The molecule has 168 valence electrons. The van der Waals surface area contributed by atoms with Crippen molar-refractivity contribution in [1.82, 2.24) is 0 Å². The van der Waals surface area contributed by atoms with Crippen molar-refractivity contribution in [3.63, 3.8) is 0 Å². The van der Waals surface area contributed by atoms with Crippen LogP contribution in [-0.4, -0.2) is 0 Å². The van der Waals surface area contributed by atoms with Gasteiger partial charge in [0.2, 0.25) is 0 Å². The van der Waals surface area contributed by atoms with Crippen LogP contribution in [0.25, 0.3) is 53.9 Å². The molecule has 0 radical (unpaired) electrons. The van der Waals surface area contributed by atoms with Crippen LogP contribution in [0.1, 0.15) is 0 Å². The molecule has 0 aliphatic rings. The molecule has 0 heterocycles. The van der Waals surface area contributed by atoms with E-state index in [-0.39, 0.29) is 0 Å². The summed E-state index contributed by atoms with van der Waals surface area (Å²) in [6, 6.07) is 15.0. The Kier molecular flexibility index (Phi) is 3.64. The summed E-state index contributed by atoms with van der Waals surface area (Å²) in [5, 5.41) is 9.12. The Morgan fingerprint density at radius 3 is 0.559 bits per heavy atom. The third-order valence-corrected chi connectivity index (χ3v) is 6.80. The van der Waals surface area contributed by atoms with E-state index in [0.717, 1.165) is 53.9 Å². The first-order valence-corrected chi connectivity index (χ1v) is 10.7. The number of rotatable bonds is 0. The Morgan fingerprint density at radius 1 is 0.235 bits per heavy atom. The highest BCUT2D eigenvalue weighted by Gasteiger charge is 2.19. The molecule has 6 aromatic carbocycles. The van der Waals surface area contributed by atoms with E-state index in [1.54, 1.807) is 0 Å². The summed E-state index contributed by atoms with van der Waals surface area (Å²) in [6.45, 7) is 0. The summed E-state index contributed by atoms with van der Waals surface area (Å²) in [4.78, 5) is 0. The van der Waals surface area contributed by atoms with Gasteiger partial charge in [-0.3, -0.25) is 0 Å². The quantitative estimate of drug-likeness (QED) is 0.125. The standard InChI is InChI=1S/C26H24N8/c27-17-1-9-10-2-18(28)22(32)6-14(10)26-16-8-24(34)20(30)4-12(16)11-3-19(29)23(33)7-15(11)25(26)13(9)5-21(17)31/h1-8H,27-34H2. The molecule has 6 aromatic rings. The lowest BCUT2D eigenvalue weighted by Gasteiger charge is -2.19. The van der Waals surface area contributed by atoms with Gasteiger partial charge >= 0.3 is 0 Å². The Balaban J connectivity index is 2.10. The third-order valence-electron chi connectivity index (χ3n) is 6.80. The van der Waals surface area contributed by atoms with Gasteiger partial charge in [0.1, 0.15) is 0 Å². The summed E-state index contributed by atoms with van der Waals surface area (Å²) in [7, 11) is 0. The van der Waals surface area contributed by atoms with Gasteiger partial charge in [-0.25, -0.2) is 0 Å². The van der Waals surface area contributed by atoms with E-state index in [1.165, 1.54) is 0 Å². The van der Waals surface area contributed by atoms with Crippen molar-refractivity contribution in [3.05, 3.63) is 48.5 Å². The summed E-state index contributed by atoms with van der Waals surface area (Å²) in [5.41, 5.74) is 53.8. The number of hydrogen-bond donors (Lipinski definition) is 8. The minimum absolute atomic E-state index is 0.477. The Morgan fingerprint density at radius 2 is 0.382 bits per heavy atom. The fourth-order valence-electron chi connectivity index (χ4n) is 5.08. The van der Waals surface area contributed by atoms with Crippen LogP contribution >= 0.6 is 0 Å². The van der Waals surface area contributed by atoms with Crippen LogP contribution in [0.15, 0.2) is 48.5 Å². The summed E-state index contributed by atoms with van der Waals surface area (Å²) in [6.07, 6.45) is 0. The van der Waals surface area contributed by atoms with Gasteiger partial charge in [0, 0.05) is 0 Å². The highest BCUT2D eigenvalue weighted by molar-refractivity contribution is 6.41. The van der Waals surface area contributed by atoms with Gasteiger partial charge in [0.15, 0.2) is 0 Å². The molecule has 0 bridgehead atoms. The summed E-state index contributed by atoms with van der Waals surface area (Å²) < 4.78 is 0. The van der Waals surface area contributed by atoms with Gasteiger partial charge < -0.3 is 45.9 Å². The number of benzene rings is 6. The number of hydrogen-bond acceptors (Lipinski definition) is 8. The largest absolute Gasteiger partial charge is 0.397 e. The van der Waals surface area contributed by atoms with Gasteiger partial charge in [0.25, 0.3) is 0 Å². The maximum absolute atomic E-state index is 6.28. The van der Waals surface area contributed by atoms with E-state index in [2.05, 4.69) is 0 Å². The van der Waals surface area contributed by atoms with Crippen LogP contribution in [0.2, 0.25) is 0 Å². The molecule has 8 heteroatoms. The van der Waals surface area contributed by atoms with Crippen LogP contribution in [0.5, 0.6) is 0 Å². The second kappa shape index (κ2) is 6.29. The lowest BCUT2D eigenvalue weighted by Crippen LogP contribution is -2.00. The predicted molar refractivity (Wildman–Crippen MR) is 149 cm³/mol. The van der Waals surface area contributed by atoms with Crippen LogP contribution < -0.4 is 45.9 Å². The second-order valence-electron chi connectivity index (χ2n) is 8.86. The zero-order valence-corrected chi connectivity index (χ0v) is 18.2. The highest BCUT2D eigenvalue weighted by Crippen LogP contribution is 2.48. The number of anilines is 8. The van der Waals surface area contributed by atoms with Gasteiger partial charge in [-0.2, -0.15) is 0 Å². The van der Waals surface area contributed by atoms with E-state index in [0.29, 0.717) is 45.5 Å². The number of nitrogen functional groups attached to an aromatic ring is 8. The van der Waals surface area contributed by atoms with E-state index in [4.69, 9.17) is 45.9 Å². The van der Waals surface area contributed by atoms with Crippen molar-refractivity contribution < 1.29 is 0 Å². The SMILES string of the molecule is Nc1cc2c3cc(N)c(N)cc3c3c4cc(N)c(N)cc4c4cc(N)c(N)cc4c3c2cc1N. The van der Waals surface area contributed by atoms with E-state index in [9.17, 15) is 0 Å². The Bertz CT molecular complexity index is 1620. The molecular weight excluding hydrogens is 424 g/mol. The third kappa shape index (κ3) is 2.42. The first kappa shape index (κ1) is 19.7. The van der Waals surface area contributed by atoms with Crippen LogP contribution in [-0.2, 0) is 0 Å². The van der Waals surface area contributed by atoms with Crippen molar-refractivity contribution in [2.75, 3.05) is 45.9 Å². The molecule has 0 spiro atoms. The van der Waals surface area contributed by atoms with E-state index >= 15 is 0 Å². The zero-order valence-electron chi connectivity index (χ0n) is 18.2. The van der Waals surface area contributed by atoms with E-state index < -0.39 is 0 Å². The van der Waals surface area contributed by atoms with Gasteiger partial charge in [-0.15, -0.1) is 0 Å². The molecule has 0 amide bonds. The molecule has 16 N–H and O–H groups in total. The van der Waals surface area contributed by atoms with Gasteiger partial charge in [-0.1, -0.05) is 0 Å². The summed E-state index contributed by atoms with van der Waals surface area (Å²) in [5.74, 6) is 0. The molecule has 6 rings (SSSR count). The molecule has 0 unspecified atom stereocenters. The minimum atomic E-state index is 0.477. The fraction of sp³-hybridized carbons (Fsp3) is 0.